The largest absolute Gasteiger partial charge is 0.388 e. The third-order valence-electron chi connectivity index (χ3n) is 2.54. The van der Waals surface area contributed by atoms with Crippen molar-refractivity contribution < 1.29 is 9.90 Å². The molecule has 3 nitrogen and oxygen atoms in total. The number of benzene rings is 1. The molecule has 0 fully saturated rings. The summed E-state index contributed by atoms with van der Waals surface area (Å²) in [6.07, 6.45) is -0.814. The number of aliphatic hydroxyl groups is 1. The number of carbonyl (C=O) groups excluding carboxylic acids is 1. The number of anilines is 1. The third-order valence-corrected chi connectivity index (χ3v) is 5.04. The molecular formula is C15H20ClNO2S2. The lowest BCUT2D eigenvalue weighted by atomic mass is 10.1. The third kappa shape index (κ3) is 5.94. The van der Waals surface area contributed by atoms with Crippen molar-refractivity contribution >= 4 is 46.7 Å². The smallest absolute Gasteiger partial charge is 0.255 e. The average Bonchev–Trinajstić information content (AvgIpc) is 2.41. The number of amides is 1. The molecule has 21 heavy (non-hydrogen) atoms. The lowest BCUT2D eigenvalue weighted by Gasteiger charge is -2.16. The highest BCUT2D eigenvalue weighted by atomic mass is 35.5. The molecule has 1 aromatic rings. The van der Waals surface area contributed by atoms with Gasteiger partial charge in [0.1, 0.15) is 0 Å². The van der Waals surface area contributed by atoms with Gasteiger partial charge in [-0.15, -0.1) is 23.5 Å². The number of halogens is 1. The SMILES string of the molecule is CCSC(SCC)=C(C(=O)Nc1ccc(Cl)cc1)C(C)O. The number of hydrogen-bond donors (Lipinski definition) is 2. The van der Waals surface area contributed by atoms with Gasteiger partial charge in [-0.1, -0.05) is 25.4 Å². The summed E-state index contributed by atoms with van der Waals surface area (Å²) in [5.41, 5.74) is 1.08. The Balaban J connectivity index is 3.00. The molecule has 1 unspecified atom stereocenters. The highest BCUT2D eigenvalue weighted by Gasteiger charge is 2.20. The maximum absolute atomic E-state index is 12.4. The van der Waals surface area contributed by atoms with Gasteiger partial charge in [0.05, 0.1) is 15.9 Å². The minimum Gasteiger partial charge on any atom is -0.388 e. The molecule has 0 heterocycles. The fraction of sp³-hybridized carbons (Fsp3) is 0.400. The zero-order valence-electron chi connectivity index (χ0n) is 12.4. The maximum atomic E-state index is 12.4. The van der Waals surface area contributed by atoms with Crippen LogP contribution in [0.2, 0.25) is 5.02 Å². The first kappa shape index (κ1) is 18.4. The van der Waals surface area contributed by atoms with E-state index in [0.29, 0.717) is 16.3 Å². The van der Waals surface area contributed by atoms with Crippen LogP contribution in [0.15, 0.2) is 34.1 Å². The summed E-state index contributed by atoms with van der Waals surface area (Å²) < 4.78 is 0.876. The molecule has 1 aromatic carbocycles. The summed E-state index contributed by atoms with van der Waals surface area (Å²) in [6, 6.07) is 6.90. The lowest BCUT2D eigenvalue weighted by molar-refractivity contribution is -0.113. The van der Waals surface area contributed by atoms with Crippen LogP contribution < -0.4 is 5.32 Å². The molecule has 0 saturated heterocycles. The van der Waals surface area contributed by atoms with Crippen LogP contribution in [0.5, 0.6) is 0 Å². The summed E-state index contributed by atoms with van der Waals surface area (Å²) in [4.78, 5) is 12.4. The number of nitrogens with one attached hydrogen (secondary N) is 1. The molecule has 0 saturated carbocycles. The number of carbonyl (C=O) groups is 1. The van der Waals surface area contributed by atoms with Gasteiger partial charge < -0.3 is 10.4 Å². The zero-order valence-corrected chi connectivity index (χ0v) is 14.7. The first-order valence-corrected chi connectivity index (χ1v) is 9.09. The highest BCUT2D eigenvalue weighted by molar-refractivity contribution is 8.22. The summed E-state index contributed by atoms with van der Waals surface area (Å²) in [6.45, 7) is 5.67. The van der Waals surface area contributed by atoms with Crippen LogP contribution in [0.1, 0.15) is 20.8 Å². The first-order chi connectivity index (χ1) is 9.99. The van der Waals surface area contributed by atoms with E-state index >= 15 is 0 Å². The van der Waals surface area contributed by atoms with Gasteiger partial charge in [-0.25, -0.2) is 0 Å². The second-order valence-corrected chi connectivity index (χ2v) is 7.45. The standard InChI is InChI=1S/C15H20ClNO2S2/c1-4-20-15(21-5-2)13(10(3)18)14(19)17-12-8-6-11(16)7-9-12/h6-10,18H,4-5H2,1-3H3,(H,17,19). The Morgan fingerprint density at radius 2 is 1.76 bits per heavy atom. The van der Waals surface area contributed by atoms with Crippen molar-refractivity contribution in [1.82, 2.24) is 0 Å². The summed E-state index contributed by atoms with van der Waals surface area (Å²) in [7, 11) is 0. The van der Waals surface area contributed by atoms with Crippen LogP contribution in [0.25, 0.3) is 0 Å². The molecule has 2 N–H and O–H groups in total. The predicted octanol–water partition coefficient (Wildman–Crippen LogP) is 4.38. The Morgan fingerprint density at radius 3 is 2.19 bits per heavy atom. The summed E-state index contributed by atoms with van der Waals surface area (Å²) in [5, 5.41) is 13.4. The molecule has 6 heteroatoms. The van der Waals surface area contributed by atoms with Gasteiger partial charge in [0.15, 0.2) is 0 Å². The molecule has 0 bridgehead atoms. The lowest BCUT2D eigenvalue weighted by Crippen LogP contribution is -2.23. The van der Waals surface area contributed by atoms with Gasteiger partial charge in [0, 0.05) is 10.7 Å². The van der Waals surface area contributed by atoms with E-state index in [9.17, 15) is 9.90 Å². The van der Waals surface area contributed by atoms with Crippen LogP contribution in [0, 0.1) is 0 Å². The first-order valence-electron chi connectivity index (χ1n) is 6.74. The molecule has 0 aliphatic rings. The molecule has 0 aromatic heterocycles. The Hall–Kier alpha value is -0.620. The number of rotatable bonds is 7. The van der Waals surface area contributed by atoms with Crippen LogP contribution in [0.3, 0.4) is 0 Å². The van der Waals surface area contributed by atoms with E-state index in [1.54, 1.807) is 54.7 Å². The molecule has 1 atom stereocenters. The van der Waals surface area contributed by atoms with E-state index in [1.807, 2.05) is 13.8 Å². The molecule has 116 valence electrons. The second kappa shape index (κ2) is 9.41. The predicted molar refractivity (Wildman–Crippen MR) is 95.1 cm³/mol. The minimum absolute atomic E-state index is 0.274. The van der Waals surface area contributed by atoms with Crippen molar-refractivity contribution in [2.45, 2.75) is 26.9 Å². The van der Waals surface area contributed by atoms with E-state index in [1.165, 1.54) is 0 Å². The number of aliphatic hydroxyl groups excluding tert-OH is 1. The molecule has 0 radical (unpaired) electrons. The van der Waals surface area contributed by atoms with Crippen LogP contribution >= 0.6 is 35.1 Å². The zero-order chi connectivity index (χ0) is 15.8. The fourth-order valence-electron chi connectivity index (χ4n) is 1.64. The van der Waals surface area contributed by atoms with Crippen molar-refractivity contribution in [3.63, 3.8) is 0 Å². The molecule has 0 spiro atoms. The van der Waals surface area contributed by atoms with Crippen molar-refractivity contribution in [3.8, 4) is 0 Å². The summed E-state index contributed by atoms with van der Waals surface area (Å²) in [5.74, 6) is 1.43. The fourth-order valence-corrected chi connectivity index (χ4v) is 4.17. The minimum atomic E-state index is -0.814. The Morgan fingerprint density at radius 1 is 1.24 bits per heavy atom. The van der Waals surface area contributed by atoms with Crippen LogP contribution in [-0.4, -0.2) is 28.6 Å². The van der Waals surface area contributed by atoms with Crippen LogP contribution in [0.4, 0.5) is 5.69 Å². The average molecular weight is 346 g/mol. The van der Waals surface area contributed by atoms with Gasteiger partial charge in [-0.3, -0.25) is 4.79 Å². The highest BCUT2D eigenvalue weighted by Crippen LogP contribution is 2.33. The Kier molecular flexibility index (Phi) is 8.26. The van der Waals surface area contributed by atoms with Gasteiger partial charge in [-0.05, 0) is 42.7 Å². The molecule has 1 rings (SSSR count). The van der Waals surface area contributed by atoms with Gasteiger partial charge in [-0.2, -0.15) is 0 Å². The normalized spacial score (nSPS) is 11.9. The topological polar surface area (TPSA) is 49.3 Å². The van der Waals surface area contributed by atoms with Crippen molar-refractivity contribution in [1.29, 1.82) is 0 Å². The van der Waals surface area contributed by atoms with E-state index in [4.69, 9.17) is 11.6 Å². The molecule has 0 aliphatic carbocycles. The Labute approximate surface area is 139 Å². The van der Waals surface area contributed by atoms with E-state index in [0.717, 1.165) is 15.7 Å². The molecule has 0 aliphatic heterocycles. The quantitative estimate of drug-likeness (QED) is 0.720. The van der Waals surface area contributed by atoms with Crippen molar-refractivity contribution in [2.24, 2.45) is 0 Å². The second-order valence-electron chi connectivity index (χ2n) is 4.20. The van der Waals surface area contributed by atoms with Gasteiger partial charge >= 0.3 is 0 Å². The molecule has 1 amide bonds. The van der Waals surface area contributed by atoms with E-state index in [2.05, 4.69) is 5.32 Å². The van der Waals surface area contributed by atoms with E-state index < -0.39 is 6.10 Å². The van der Waals surface area contributed by atoms with E-state index in [-0.39, 0.29) is 5.91 Å². The van der Waals surface area contributed by atoms with Crippen LogP contribution in [-0.2, 0) is 4.79 Å². The monoisotopic (exact) mass is 345 g/mol. The van der Waals surface area contributed by atoms with Gasteiger partial charge in [0.2, 0.25) is 0 Å². The Bertz CT molecular complexity index is 493. The van der Waals surface area contributed by atoms with Crippen molar-refractivity contribution in [3.05, 3.63) is 39.1 Å². The summed E-state index contributed by atoms with van der Waals surface area (Å²) >= 11 is 8.98. The number of hydrogen-bond acceptors (Lipinski definition) is 4. The van der Waals surface area contributed by atoms with Crippen molar-refractivity contribution in [2.75, 3.05) is 16.8 Å². The van der Waals surface area contributed by atoms with Gasteiger partial charge in [0.25, 0.3) is 5.91 Å². The number of thioether (sulfide) groups is 2. The molecular weight excluding hydrogens is 326 g/mol. The maximum Gasteiger partial charge on any atom is 0.255 e.